The van der Waals surface area contributed by atoms with E-state index in [1.807, 2.05) is 19.2 Å². The summed E-state index contributed by atoms with van der Waals surface area (Å²) in [6.07, 6.45) is 5.79. The van der Waals surface area contributed by atoms with Gasteiger partial charge in [0.05, 0.1) is 6.20 Å². The normalized spacial score (nSPS) is 14.6. The zero-order valence-corrected chi connectivity index (χ0v) is 13.8. The van der Waals surface area contributed by atoms with Crippen LogP contribution >= 0.6 is 11.5 Å². The molecular weight excluding hydrogens is 323 g/mol. The van der Waals surface area contributed by atoms with Crippen LogP contribution in [0, 0.1) is 12.7 Å². The number of pyridine rings is 3. The molecule has 0 N–H and O–H groups in total. The van der Waals surface area contributed by atoms with Gasteiger partial charge in [0.1, 0.15) is 16.3 Å². The Morgan fingerprint density at radius 1 is 1.17 bits per heavy atom. The van der Waals surface area contributed by atoms with Crippen molar-refractivity contribution in [2.75, 3.05) is 0 Å². The zero-order chi connectivity index (χ0) is 16.3. The van der Waals surface area contributed by atoms with E-state index in [1.54, 1.807) is 18.3 Å². The van der Waals surface area contributed by atoms with Crippen molar-refractivity contribution in [3.05, 3.63) is 47.7 Å². The average Bonchev–Trinajstić information content (AvgIpc) is 3.29. The average molecular weight is 336 g/mol. The van der Waals surface area contributed by atoms with Gasteiger partial charge in [0.25, 0.3) is 0 Å². The van der Waals surface area contributed by atoms with Crippen molar-refractivity contribution in [2.45, 2.75) is 25.7 Å². The summed E-state index contributed by atoms with van der Waals surface area (Å²) >= 11 is 1.36. The van der Waals surface area contributed by atoms with Gasteiger partial charge in [-0.15, -0.1) is 0 Å². The number of hydrogen-bond donors (Lipinski definition) is 0. The van der Waals surface area contributed by atoms with Crippen LogP contribution in [-0.2, 0) is 0 Å². The summed E-state index contributed by atoms with van der Waals surface area (Å²) in [5.74, 6) is 0.156. The van der Waals surface area contributed by atoms with E-state index in [0.29, 0.717) is 17.3 Å². The molecule has 0 amide bonds. The largest absolute Gasteiger partial charge is 0.262 e. The number of rotatable bonds is 2. The molecule has 6 heteroatoms. The molecule has 1 saturated carbocycles. The second-order valence-electron chi connectivity index (χ2n) is 6.22. The van der Waals surface area contributed by atoms with Gasteiger partial charge in [0.2, 0.25) is 0 Å². The Labute approximate surface area is 141 Å². The van der Waals surface area contributed by atoms with Crippen LogP contribution in [0.25, 0.3) is 32.5 Å². The molecule has 1 aliphatic carbocycles. The van der Waals surface area contributed by atoms with Crippen molar-refractivity contribution in [3.63, 3.8) is 0 Å². The van der Waals surface area contributed by atoms with Crippen LogP contribution in [0.5, 0.6) is 0 Å². The highest BCUT2D eigenvalue weighted by atomic mass is 32.1. The zero-order valence-electron chi connectivity index (χ0n) is 13.0. The van der Waals surface area contributed by atoms with Gasteiger partial charge in [-0.3, -0.25) is 4.98 Å². The van der Waals surface area contributed by atoms with E-state index in [0.717, 1.165) is 45.3 Å². The Bertz CT molecular complexity index is 1100. The second kappa shape index (κ2) is 5.01. The van der Waals surface area contributed by atoms with E-state index >= 15 is 0 Å². The number of halogens is 1. The minimum atomic E-state index is -0.320. The fourth-order valence-corrected chi connectivity index (χ4v) is 3.86. The first-order valence-electron chi connectivity index (χ1n) is 7.88. The molecule has 0 bridgehead atoms. The Morgan fingerprint density at radius 2 is 2.04 bits per heavy atom. The molecule has 0 saturated heterocycles. The number of aryl methyl sites for hydroxylation is 1. The van der Waals surface area contributed by atoms with Crippen molar-refractivity contribution >= 4 is 32.8 Å². The fourth-order valence-electron chi connectivity index (χ4n) is 3.21. The number of aromatic nitrogens is 4. The van der Waals surface area contributed by atoms with Gasteiger partial charge in [-0.25, -0.2) is 14.4 Å². The topological polar surface area (TPSA) is 51.6 Å². The van der Waals surface area contributed by atoms with E-state index in [1.165, 1.54) is 11.5 Å². The summed E-state index contributed by atoms with van der Waals surface area (Å²) < 4.78 is 19.1. The Morgan fingerprint density at radius 3 is 2.83 bits per heavy atom. The third-order valence-corrected chi connectivity index (χ3v) is 5.15. The van der Waals surface area contributed by atoms with Crippen molar-refractivity contribution in [1.82, 2.24) is 19.3 Å². The van der Waals surface area contributed by atoms with Crippen LogP contribution in [0.2, 0.25) is 0 Å². The van der Waals surface area contributed by atoms with Gasteiger partial charge in [-0.2, -0.15) is 4.37 Å². The highest BCUT2D eigenvalue weighted by Gasteiger charge is 2.29. The first-order valence-corrected chi connectivity index (χ1v) is 8.65. The van der Waals surface area contributed by atoms with Gasteiger partial charge in [0, 0.05) is 28.2 Å². The summed E-state index contributed by atoms with van der Waals surface area (Å²) in [5.41, 5.74) is 3.64. The Kier molecular flexibility index (Phi) is 2.91. The van der Waals surface area contributed by atoms with E-state index < -0.39 is 0 Å². The maximum atomic E-state index is 14.8. The molecule has 24 heavy (non-hydrogen) atoms. The molecular formula is C18H13FN4S. The van der Waals surface area contributed by atoms with Crippen LogP contribution < -0.4 is 0 Å². The molecule has 0 atom stereocenters. The smallest absolute Gasteiger partial charge is 0.162 e. The molecule has 0 aliphatic heterocycles. The van der Waals surface area contributed by atoms with Crippen molar-refractivity contribution in [3.8, 4) is 11.3 Å². The molecule has 4 heterocycles. The lowest BCUT2D eigenvalue weighted by Gasteiger charge is -2.09. The molecule has 5 rings (SSSR count). The summed E-state index contributed by atoms with van der Waals surface area (Å²) in [6.45, 7) is 1.88. The number of fused-ring (bicyclic) bond motifs is 2. The Hall–Kier alpha value is -2.47. The minimum absolute atomic E-state index is 0.320. The molecule has 0 spiro atoms. The van der Waals surface area contributed by atoms with Gasteiger partial charge < -0.3 is 0 Å². The summed E-state index contributed by atoms with van der Waals surface area (Å²) in [6, 6.07) is 5.20. The molecule has 1 aliphatic rings. The van der Waals surface area contributed by atoms with Crippen LogP contribution in [0.4, 0.5) is 4.39 Å². The van der Waals surface area contributed by atoms with Gasteiger partial charge in [-0.05, 0) is 61.0 Å². The Balaban J connectivity index is 1.83. The van der Waals surface area contributed by atoms with Crippen LogP contribution in [-0.4, -0.2) is 19.3 Å². The SMILES string of the molecule is Cc1cc(-c2nc3nc4sncc4c(C4CC4)c3cc2F)ccn1. The lowest BCUT2D eigenvalue weighted by Crippen LogP contribution is -1.97. The van der Waals surface area contributed by atoms with E-state index in [4.69, 9.17) is 0 Å². The van der Waals surface area contributed by atoms with Crippen LogP contribution in [0.15, 0.2) is 30.6 Å². The standard InChI is InChI=1S/C18H13FN4S/c1-9-6-11(4-5-20-9)16-14(19)7-12-15(10-2-3-10)13-8-21-24-18(13)23-17(12)22-16/h4-8,10H,2-3H2,1H3. The minimum Gasteiger partial charge on any atom is -0.262 e. The highest BCUT2D eigenvalue weighted by molar-refractivity contribution is 7.12. The molecule has 1 fully saturated rings. The molecule has 118 valence electrons. The quantitative estimate of drug-likeness (QED) is 0.536. The third kappa shape index (κ3) is 2.10. The maximum Gasteiger partial charge on any atom is 0.162 e. The van der Waals surface area contributed by atoms with E-state index in [2.05, 4.69) is 19.3 Å². The van der Waals surface area contributed by atoms with Crippen molar-refractivity contribution in [1.29, 1.82) is 0 Å². The third-order valence-electron chi connectivity index (χ3n) is 4.45. The molecule has 4 aromatic rings. The fraction of sp³-hybridized carbons (Fsp3) is 0.222. The molecule has 4 nitrogen and oxygen atoms in total. The molecule has 4 aromatic heterocycles. The van der Waals surface area contributed by atoms with Gasteiger partial charge in [-0.1, -0.05) is 0 Å². The summed E-state index contributed by atoms with van der Waals surface area (Å²) in [5, 5.41) is 1.86. The highest BCUT2D eigenvalue weighted by Crippen LogP contribution is 2.46. The van der Waals surface area contributed by atoms with Crippen LogP contribution in [0.1, 0.15) is 30.0 Å². The van der Waals surface area contributed by atoms with Gasteiger partial charge >= 0.3 is 0 Å². The first-order chi connectivity index (χ1) is 11.7. The van der Waals surface area contributed by atoms with E-state index in [-0.39, 0.29) is 5.82 Å². The number of nitrogens with zero attached hydrogens (tertiary/aromatic N) is 4. The molecule has 0 aromatic carbocycles. The molecule has 0 unspecified atom stereocenters. The number of hydrogen-bond acceptors (Lipinski definition) is 5. The lowest BCUT2D eigenvalue weighted by atomic mass is 10.0. The van der Waals surface area contributed by atoms with Gasteiger partial charge in [0.15, 0.2) is 5.65 Å². The van der Waals surface area contributed by atoms with Crippen molar-refractivity contribution < 1.29 is 4.39 Å². The monoisotopic (exact) mass is 336 g/mol. The van der Waals surface area contributed by atoms with Crippen LogP contribution in [0.3, 0.4) is 0 Å². The second-order valence-corrected chi connectivity index (χ2v) is 7.00. The molecule has 0 radical (unpaired) electrons. The van der Waals surface area contributed by atoms with E-state index in [9.17, 15) is 4.39 Å². The summed E-state index contributed by atoms with van der Waals surface area (Å²) in [4.78, 5) is 14.2. The maximum absolute atomic E-state index is 14.8. The van der Waals surface area contributed by atoms with Crippen molar-refractivity contribution in [2.24, 2.45) is 0 Å². The summed E-state index contributed by atoms with van der Waals surface area (Å²) in [7, 11) is 0. The predicted molar refractivity (Wildman–Crippen MR) is 92.6 cm³/mol. The lowest BCUT2D eigenvalue weighted by molar-refractivity contribution is 0.628. The predicted octanol–water partition coefficient (Wildman–Crippen LogP) is 4.63. The first kappa shape index (κ1) is 13.9.